The number of hydrogen-bond donors (Lipinski definition) is 3. The van der Waals surface area contributed by atoms with Crippen molar-refractivity contribution in [1.29, 1.82) is 0 Å². The molecule has 212 valence electrons. The largest absolute Gasteiger partial charge is 0.457 e. The molecule has 0 saturated heterocycles. The van der Waals surface area contributed by atoms with Crippen LogP contribution >= 0.6 is 11.8 Å². The maximum absolute atomic E-state index is 12.5. The van der Waals surface area contributed by atoms with E-state index in [0.29, 0.717) is 34.2 Å². The van der Waals surface area contributed by atoms with Crippen molar-refractivity contribution < 1.29 is 17.9 Å². The van der Waals surface area contributed by atoms with Gasteiger partial charge in [0.15, 0.2) is 5.16 Å². The third kappa shape index (κ3) is 7.65. The second kappa shape index (κ2) is 12.9. The Bertz CT molecular complexity index is 1550. The summed E-state index contributed by atoms with van der Waals surface area (Å²) < 4.78 is 33.6. The molecular weight excluding hydrogens is 544 g/mol. The van der Waals surface area contributed by atoms with E-state index in [1.165, 1.54) is 23.4 Å². The van der Waals surface area contributed by atoms with Gasteiger partial charge in [-0.15, -0.1) is 0 Å². The second-order valence-electron chi connectivity index (χ2n) is 10.2. The van der Waals surface area contributed by atoms with Gasteiger partial charge in [-0.05, 0) is 78.4 Å². The number of aromatic amines is 1. The Morgan fingerprint density at radius 1 is 1.00 bits per heavy atom. The van der Waals surface area contributed by atoms with E-state index in [1.807, 2.05) is 31.2 Å². The van der Waals surface area contributed by atoms with Crippen LogP contribution in [0.5, 0.6) is 11.5 Å². The topological polar surface area (TPSA) is 113 Å². The summed E-state index contributed by atoms with van der Waals surface area (Å²) in [6.07, 6.45) is 2.74. The fourth-order valence-corrected chi connectivity index (χ4v) is 5.70. The highest BCUT2D eigenvalue weighted by atomic mass is 32.2. The number of benzene rings is 3. The first-order chi connectivity index (χ1) is 19.1. The lowest BCUT2D eigenvalue weighted by molar-refractivity contribution is -0.113. The number of rotatable bonds is 13. The van der Waals surface area contributed by atoms with E-state index in [4.69, 9.17) is 4.74 Å². The fraction of sp³-hybridized carbons (Fsp3) is 0.333. The van der Waals surface area contributed by atoms with Gasteiger partial charge in [0.1, 0.15) is 11.5 Å². The predicted molar refractivity (Wildman–Crippen MR) is 162 cm³/mol. The van der Waals surface area contributed by atoms with Gasteiger partial charge in [0, 0.05) is 12.2 Å². The Morgan fingerprint density at radius 2 is 1.68 bits per heavy atom. The molecule has 4 rings (SSSR count). The summed E-state index contributed by atoms with van der Waals surface area (Å²) in [4.78, 5) is 20.3. The van der Waals surface area contributed by atoms with Crippen LogP contribution < -0.4 is 14.8 Å². The average Bonchev–Trinajstić information content (AvgIpc) is 3.36. The molecule has 8 nitrogen and oxygen atoms in total. The molecule has 3 N–H and O–H groups in total. The molecule has 1 amide bonds. The molecule has 0 spiro atoms. The number of fused-ring (bicyclic) bond motifs is 1. The minimum absolute atomic E-state index is 0.124. The van der Waals surface area contributed by atoms with E-state index >= 15 is 0 Å². The summed E-state index contributed by atoms with van der Waals surface area (Å²) in [7, 11) is -3.58. The number of H-pyrrole nitrogens is 1. The van der Waals surface area contributed by atoms with Gasteiger partial charge in [0.2, 0.25) is 15.9 Å². The number of aromatic nitrogens is 2. The summed E-state index contributed by atoms with van der Waals surface area (Å²) in [6, 6.07) is 20.1. The van der Waals surface area contributed by atoms with Crippen LogP contribution in [0.3, 0.4) is 0 Å². The molecule has 3 aromatic carbocycles. The smallest absolute Gasteiger partial charge is 0.240 e. The summed E-state index contributed by atoms with van der Waals surface area (Å²) >= 11 is 1.24. The first kappa shape index (κ1) is 29.6. The standard InChI is InChI=1S/C30H36N4O4S2/c1-5-7-18-31-40(36,37)25-16-17-26-27(19-25)34-29(33-26)39-20-28(35)32-22-10-14-24(15-11-22)38-23-12-8-21(9-13-23)30(3,4)6-2/h8-17,19,31H,5-7,18,20H2,1-4H3,(H,32,35)(H,33,34). The molecule has 0 saturated carbocycles. The number of imidazole rings is 1. The van der Waals surface area contributed by atoms with Gasteiger partial charge in [-0.2, -0.15) is 0 Å². The van der Waals surface area contributed by atoms with E-state index < -0.39 is 10.0 Å². The van der Waals surface area contributed by atoms with Crippen molar-refractivity contribution in [2.75, 3.05) is 17.6 Å². The Labute approximate surface area is 240 Å². The molecule has 0 aliphatic carbocycles. The number of nitrogens with zero attached hydrogens (tertiary/aromatic N) is 1. The Hall–Kier alpha value is -3.34. The number of sulfonamides is 1. The van der Waals surface area contributed by atoms with Crippen LogP contribution in [0.25, 0.3) is 11.0 Å². The summed E-state index contributed by atoms with van der Waals surface area (Å²) in [5.41, 5.74) is 3.29. The van der Waals surface area contributed by atoms with Crippen LogP contribution in [0.4, 0.5) is 5.69 Å². The number of thioether (sulfide) groups is 1. The Balaban J connectivity index is 1.30. The molecule has 1 aromatic heterocycles. The highest BCUT2D eigenvalue weighted by Crippen LogP contribution is 2.30. The Kier molecular flexibility index (Phi) is 9.55. The van der Waals surface area contributed by atoms with Crippen LogP contribution in [-0.2, 0) is 20.2 Å². The molecule has 10 heteroatoms. The van der Waals surface area contributed by atoms with Gasteiger partial charge in [-0.1, -0.05) is 58.0 Å². The van der Waals surface area contributed by atoms with E-state index in [-0.39, 0.29) is 22.0 Å². The first-order valence-electron chi connectivity index (χ1n) is 13.4. The number of ether oxygens (including phenoxy) is 1. The van der Waals surface area contributed by atoms with Crippen LogP contribution in [0, 0.1) is 0 Å². The predicted octanol–water partition coefficient (Wildman–Crippen LogP) is 6.85. The minimum atomic E-state index is -3.58. The van der Waals surface area contributed by atoms with Gasteiger partial charge in [-0.3, -0.25) is 4.79 Å². The highest BCUT2D eigenvalue weighted by Gasteiger charge is 2.18. The Morgan fingerprint density at radius 3 is 2.33 bits per heavy atom. The van der Waals surface area contributed by atoms with E-state index in [9.17, 15) is 13.2 Å². The van der Waals surface area contributed by atoms with Crippen molar-refractivity contribution in [3.05, 3.63) is 72.3 Å². The molecule has 40 heavy (non-hydrogen) atoms. The lowest BCUT2D eigenvalue weighted by Gasteiger charge is -2.23. The lowest BCUT2D eigenvalue weighted by Crippen LogP contribution is -2.24. The molecule has 1 heterocycles. The number of carbonyl (C=O) groups is 1. The molecule has 0 bridgehead atoms. The van der Waals surface area contributed by atoms with E-state index in [2.05, 4.69) is 52.9 Å². The maximum atomic E-state index is 12.5. The van der Waals surface area contributed by atoms with Crippen LogP contribution in [0.1, 0.15) is 52.5 Å². The zero-order valence-electron chi connectivity index (χ0n) is 23.3. The molecule has 0 radical (unpaired) electrons. The number of carbonyl (C=O) groups excluding carboxylic acids is 1. The zero-order chi connectivity index (χ0) is 28.8. The number of nitrogens with one attached hydrogen (secondary N) is 3. The molecule has 0 unspecified atom stereocenters. The third-order valence-electron chi connectivity index (χ3n) is 6.80. The van der Waals surface area contributed by atoms with Crippen molar-refractivity contribution in [3.8, 4) is 11.5 Å². The van der Waals surface area contributed by atoms with E-state index in [0.717, 1.165) is 25.0 Å². The number of unbranched alkanes of at least 4 members (excludes halogenated alkanes) is 1. The lowest BCUT2D eigenvalue weighted by atomic mass is 9.82. The average molecular weight is 581 g/mol. The highest BCUT2D eigenvalue weighted by molar-refractivity contribution is 7.99. The quantitative estimate of drug-likeness (QED) is 0.118. The second-order valence-corrected chi connectivity index (χ2v) is 12.9. The van der Waals surface area contributed by atoms with Crippen molar-refractivity contribution in [1.82, 2.24) is 14.7 Å². The third-order valence-corrected chi connectivity index (χ3v) is 9.13. The summed E-state index contributed by atoms with van der Waals surface area (Å²) in [5, 5.41) is 3.41. The summed E-state index contributed by atoms with van der Waals surface area (Å²) in [6.45, 7) is 9.04. The van der Waals surface area contributed by atoms with Crippen LogP contribution in [0.15, 0.2) is 76.8 Å². The first-order valence-corrected chi connectivity index (χ1v) is 15.9. The molecule has 0 aliphatic rings. The molecule has 0 aliphatic heterocycles. The van der Waals surface area contributed by atoms with Crippen LogP contribution in [-0.4, -0.2) is 36.6 Å². The van der Waals surface area contributed by atoms with Gasteiger partial charge in [-0.25, -0.2) is 18.1 Å². The van der Waals surface area contributed by atoms with Crippen molar-refractivity contribution in [2.24, 2.45) is 0 Å². The van der Waals surface area contributed by atoms with Gasteiger partial charge < -0.3 is 15.0 Å². The number of amides is 1. The minimum Gasteiger partial charge on any atom is -0.457 e. The van der Waals surface area contributed by atoms with Gasteiger partial charge in [0.25, 0.3) is 0 Å². The van der Waals surface area contributed by atoms with Crippen molar-refractivity contribution >= 4 is 44.4 Å². The zero-order valence-corrected chi connectivity index (χ0v) is 24.9. The number of hydrogen-bond acceptors (Lipinski definition) is 6. The normalized spacial score (nSPS) is 12.0. The van der Waals surface area contributed by atoms with Crippen molar-refractivity contribution in [2.45, 2.75) is 62.4 Å². The molecule has 0 atom stereocenters. The summed E-state index contributed by atoms with van der Waals surface area (Å²) in [5.74, 6) is 1.39. The molecule has 4 aromatic rings. The van der Waals surface area contributed by atoms with Crippen molar-refractivity contribution in [3.63, 3.8) is 0 Å². The maximum Gasteiger partial charge on any atom is 0.240 e. The monoisotopic (exact) mass is 580 g/mol. The van der Waals surface area contributed by atoms with E-state index in [1.54, 1.807) is 24.3 Å². The number of anilines is 1. The SMILES string of the molecule is CCCCNS(=O)(=O)c1ccc2nc(SCC(=O)Nc3ccc(Oc4ccc(C(C)(C)CC)cc4)cc3)[nH]c2c1. The molecule has 0 fully saturated rings. The fourth-order valence-electron chi connectivity index (χ4n) is 3.92. The van der Waals surface area contributed by atoms with Gasteiger partial charge >= 0.3 is 0 Å². The molecular formula is C30H36N4O4S2. The van der Waals surface area contributed by atoms with Crippen LogP contribution in [0.2, 0.25) is 0 Å². The van der Waals surface area contributed by atoms with Gasteiger partial charge in [0.05, 0.1) is 21.7 Å².